The summed E-state index contributed by atoms with van der Waals surface area (Å²) in [6.45, 7) is 0. The number of nitrogens with zero attached hydrogens (tertiary/aromatic N) is 1. The van der Waals surface area contributed by atoms with Crippen LogP contribution in [0.25, 0.3) is 88.3 Å². The maximum absolute atomic E-state index is 6.29. The summed E-state index contributed by atoms with van der Waals surface area (Å²) in [5.41, 5.74) is 16.6. The first-order valence-electron chi connectivity index (χ1n) is 20.5. The van der Waals surface area contributed by atoms with Crippen molar-refractivity contribution in [1.82, 2.24) is 0 Å². The van der Waals surface area contributed by atoms with Crippen molar-refractivity contribution in [3.8, 4) is 55.6 Å². The van der Waals surface area contributed by atoms with Crippen LogP contribution >= 0.6 is 0 Å². The zero-order valence-corrected chi connectivity index (χ0v) is 32.9. The van der Waals surface area contributed by atoms with Crippen LogP contribution in [0.4, 0.5) is 17.1 Å². The van der Waals surface area contributed by atoms with Crippen LogP contribution in [0.2, 0.25) is 0 Å². The summed E-state index contributed by atoms with van der Waals surface area (Å²) in [7, 11) is 0. The number of anilines is 3. The van der Waals surface area contributed by atoms with Crippen LogP contribution in [-0.2, 0) is 0 Å². The highest BCUT2D eigenvalue weighted by Crippen LogP contribution is 2.45. The molecule has 0 aliphatic carbocycles. The predicted octanol–water partition coefficient (Wildman–Crippen LogP) is 16.5. The van der Waals surface area contributed by atoms with Gasteiger partial charge >= 0.3 is 0 Å². The van der Waals surface area contributed by atoms with Gasteiger partial charge in [-0.25, -0.2) is 0 Å². The Kier molecular flexibility index (Phi) is 8.87. The lowest BCUT2D eigenvalue weighted by Gasteiger charge is -2.29. The summed E-state index contributed by atoms with van der Waals surface area (Å²) in [4.78, 5) is 2.42. The van der Waals surface area contributed by atoms with Gasteiger partial charge in [-0.1, -0.05) is 176 Å². The Balaban J connectivity index is 1.09. The molecule has 0 amide bonds. The molecule has 0 bridgehead atoms. The molecule has 11 aromatic rings. The summed E-state index contributed by atoms with van der Waals surface area (Å²) < 4.78 is 6.29. The van der Waals surface area contributed by atoms with Gasteiger partial charge in [-0.3, -0.25) is 0 Å². The maximum atomic E-state index is 6.29. The molecular weight excluding hydrogens is 727 g/mol. The van der Waals surface area contributed by atoms with E-state index in [4.69, 9.17) is 4.42 Å². The molecule has 0 aliphatic rings. The van der Waals surface area contributed by atoms with Crippen molar-refractivity contribution in [2.75, 3.05) is 4.90 Å². The normalized spacial score (nSPS) is 11.3. The van der Waals surface area contributed by atoms with Crippen molar-refractivity contribution in [3.05, 3.63) is 237 Å². The molecule has 0 aliphatic heterocycles. The molecule has 0 N–H and O–H groups in total. The van der Waals surface area contributed by atoms with Crippen LogP contribution in [0.1, 0.15) is 0 Å². The lowest BCUT2D eigenvalue weighted by molar-refractivity contribution is 0.669. The molecule has 2 heteroatoms. The zero-order chi connectivity index (χ0) is 39.8. The minimum atomic E-state index is 0.894. The molecule has 1 aromatic heterocycles. The summed E-state index contributed by atoms with van der Waals surface area (Å²) in [6.07, 6.45) is 0. The molecule has 1 heterocycles. The number of furan rings is 1. The molecule has 0 spiro atoms. The first kappa shape index (κ1) is 35.2. The van der Waals surface area contributed by atoms with E-state index in [-0.39, 0.29) is 0 Å². The van der Waals surface area contributed by atoms with E-state index in [1.165, 1.54) is 33.0 Å². The molecule has 60 heavy (non-hydrogen) atoms. The van der Waals surface area contributed by atoms with Gasteiger partial charge in [0, 0.05) is 27.7 Å². The van der Waals surface area contributed by atoms with E-state index < -0.39 is 0 Å². The molecule has 0 fully saturated rings. The molecular formula is C58H39NO. The molecule has 2 nitrogen and oxygen atoms in total. The van der Waals surface area contributed by atoms with E-state index in [1.807, 2.05) is 12.1 Å². The van der Waals surface area contributed by atoms with E-state index >= 15 is 0 Å². The Morgan fingerprint density at radius 1 is 0.267 bits per heavy atom. The van der Waals surface area contributed by atoms with E-state index in [9.17, 15) is 0 Å². The highest BCUT2D eigenvalue weighted by Gasteiger charge is 2.20. The Morgan fingerprint density at radius 3 is 1.55 bits per heavy atom. The molecule has 0 atom stereocenters. The molecule has 11 rings (SSSR count). The maximum Gasteiger partial charge on any atom is 0.136 e. The summed E-state index contributed by atoms with van der Waals surface area (Å²) in [5.74, 6) is 0. The summed E-state index contributed by atoms with van der Waals surface area (Å²) in [6, 6.07) is 85.1. The Labute approximate surface area is 349 Å². The van der Waals surface area contributed by atoms with Crippen molar-refractivity contribution >= 4 is 49.8 Å². The van der Waals surface area contributed by atoms with Gasteiger partial charge < -0.3 is 9.32 Å². The van der Waals surface area contributed by atoms with E-state index in [0.717, 1.165) is 72.4 Å². The highest BCUT2D eigenvalue weighted by molar-refractivity contribution is 6.06. The number of hydrogen-bond acceptors (Lipinski definition) is 2. The van der Waals surface area contributed by atoms with Crippen molar-refractivity contribution in [3.63, 3.8) is 0 Å². The van der Waals surface area contributed by atoms with Gasteiger partial charge in [-0.2, -0.15) is 0 Å². The van der Waals surface area contributed by atoms with Crippen LogP contribution < -0.4 is 4.90 Å². The van der Waals surface area contributed by atoms with Gasteiger partial charge in [-0.05, 0) is 122 Å². The second-order valence-electron chi connectivity index (χ2n) is 15.3. The van der Waals surface area contributed by atoms with Crippen LogP contribution in [0.3, 0.4) is 0 Å². The van der Waals surface area contributed by atoms with Crippen LogP contribution in [0.15, 0.2) is 241 Å². The van der Waals surface area contributed by atoms with Gasteiger partial charge in [0.05, 0.1) is 5.69 Å². The third-order valence-corrected chi connectivity index (χ3v) is 11.6. The SMILES string of the molecule is c1ccc(-c2cc(-c3ccccc3)cc(N(c3ccc(-c4ccc5c(c4)oc4ccccc45)cc3)c3ccccc3-c3cccc(-c4cccc5ccccc45)c3)c2)cc1. The van der Waals surface area contributed by atoms with E-state index in [2.05, 4.69) is 229 Å². The number of para-hydroxylation sites is 2. The fourth-order valence-corrected chi connectivity index (χ4v) is 8.71. The average molecular weight is 766 g/mol. The molecule has 10 aromatic carbocycles. The molecule has 0 unspecified atom stereocenters. The number of fused-ring (bicyclic) bond motifs is 4. The third-order valence-electron chi connectivity index (χ3n) is 11.6. The van der Waals surface area contributed by atoms with Gasteiger partial charge in [0.25, 0.3) is 0 Å². The minimum Gasteiger partial charge on any atom is -0.456 e. The number of rotatable bonds is 8. The predicted molar refractivity (Wildman–Crippen MR) is 253 cm³/mol. The largest absolute Gasteiger partial charge is 0.456 e. The van der Waals surface area contributed by atoms with Crippen molar-refractivity contribution in [2.45, 2.75) is 0 Å². The fourth-order valence-electron chi connectivity index (χ4n) is 8.71. The summed E-state index contributed by atoms with van der Waals surface area (Å²) >= 11 is 0. The fraction of sp³-hybridized carbons (Fsp3) is 0. The van der Waals surface area contributed by atoms with E-state index in [0.29, 0.717) is 0 Å². The van der Waals surface area contributed by atoms with Crippen LogP contribution in [0.5, 0.6) is 0 Å². The topological polar surface area (TPSA) is 16.4 Å². The molecule has 0 saturated heterocycles. The second kappa shape index (κ2) is 15.1. The average Bonchev–Trinajstić information content (AvgIpc) is 3.70. The smallest absolute Gasteiger partial charge is 0.136 e. The Hall–Kier alpha value is -7.94. The molecule has 0 saturated carbocycles. The van der Waals surface area contributed by atoms with Crippen LogP contribution in [0, 0.1) is 0 Å². The number of hydrogen-bond donors (Lipinski definition) is 0. The van der Waals surface area contributed by atoms with Gasteiger partial charge in [0.2, 0.25) is 0 Å². The molecule has 0 radical (unpaired) electrons. The van der Waals surface area contributed by atoms with Gasteiger partial charge in [0.1, 0.15) is 11.2 Å². The lowest BCUT2D eigenvalue weighted by atomic mass is 9.94. The lowest BCUT2D eigenvalue weighted by Crippen LogP contribution is -2.11. The van der Waals surface area contributed by atoms with Gasteiger partial charge in [0.15, 0.2) is 0 Å². The monoisotopic (exact) mass is 765 g/mol. The Morgan fingerprint density at radius 2 is 0.783 bits per heavy atom. The highest BCUT2D eigenvalue weighted by atomic mass is 16.3. The van der Waals surface area contributed by atoms with Crippen molar-refractivity contribution in [2.24, 2.45) is 0 Å². The number of benzene rings is 10. The quantitative estimate of drug-likeness (QED) is 0.153. The second-order valence-corrected chi connectivity index (χ2v) is 15.3. The summed E-state index contributed by atoms with van der Waals surface area (Å²) in [5, 5.41) is 4.75. The molecule has 282 valence electrons. The van der Waals surface area contributed by atoms with Gasteiger partial charge in [-0.15, -0.1) is 0 Å². The standard InChI is InChI=1S/C58H39NO/c1-3-15-40(16-4-1)47-36-48(41-17-5-2-6-18-41)38-50(37-47)59(49-32-29-42(30-33-49)44-31-34-55-54-25-10-12-28-57(54)60-58(55)39-44)56-27-11-9-24-53(56)46-22-13-21-45(35-46)52-26-14-20-43-19-7-8-23-51(43)52/h1-39H. The third kappa shape index (κ3) is 6.51. The van der Waals surface area contributed by atoms with E-state index in [1.54, 1.807) is 0 Å². The first-order valence-corrected chi connectivity index (χ1v) is 20.5. The minimum absolute atomic E-state index is 0.894. The first-order chi connectivity index (χ1) is 29.7. The zero-order valence-electron chi connectivity index (χ0n) is 32.9. The van der Waals surface area contributed by atoms with Crippen LogP contribution in [-0.4, -0.2) is 0 Å². The Bertz CT molecular complexity index is 3250. The van der Waals surface area contributed by atoms with Crippen molar-refractivity contribution in [1.29, 1.82) is 0 Å². The van der Waals surface area contributed by atoms with Crippen molar-refractivity contribution < 1.29 is 4.42 Å².